The Bertz CT molecular complexity index is 315. The van der Waals surface area contributed by atoms with Crippen molar-refractivity contribution < 1.29 is 14.3 Å². The van der Waals surface area contributed by atoms with Gasteiger partial charge in [0.25, 0.3) is 0 Å². The number of rotatable bonds is 7. The van der Waals surface area contributed by atoms with Crippen LogP contribution in [0.1, 0.15) is 25.7 Å². The average molecular weight is 285 g/mol. The molecule has 0 aromatic rings. The van der Waals surface area contributed by atoms with Gasteiger partial charge in [0, 0.05) is 26.6 Å². The first-order valence-corrected chi connectivity index (χ1v) is 7.32. The number of nitrogens with two attached hydrogens (primary N) is 1. The van der Waals surface area contributed by atoms with Crippen LogP contribution in [0.3, 0.4) is 0 Å². The van der Waals surface area contributed by atoms with E-state index in [9.17, 15) is 9.59 Å². The summed E-state index contributed by atoms with van der Waals surface area (Å²) in [5, 5.41) is 0. The van der Waals surface area contributed by atoms with Gasteiger partial charge in [-0.2, -0.15) is 0 Å². The lowest BCUT2D eigenvalue weighted by Gasteiger charge is -2.30. The van der Waals surface area contributed by atoms with Gasteiger partial charge in [-0.1, -0.05) is 0 Å². The maximum absolute atomic E-state index is 11.9. The zero-order valence-corrected chi connectivity index (χ0v) is 12.6. The quantitative estimate of drug-likeness (QED) is 0.670. The number of piperidine rings is 1. The molecule has 0 aliphatic carbocycles. The van der Waals surface area contributed by atoms with Crippen LogP contribution in [-0.4, -0.2) is 68.6 Å². The van der Waals surface area contributed by atoms with Crippen molar-refractivity contribution in [2.45, 2.75) is 25.7 Å². The SMILES string of the molecule is COC(=O)C1CCN(CCC(=O)N(C)CCCN)CC1. The lowest BCUT2D eigenvalue weighted by atomic mass is 9.97. The van der Waals surface area contributed by atoms with Crippen LogP contribution in [0.5, 0.6) is 0 Å². The summed E-state index contributed by atoms with van der Waals surface area (Å²) in [5.74, 6) is 0.0787. The summed E-state index contributed by atoms with van der Waals surface area (Å²) < 4.78 is 4.76. The lowest BCUT2D eigenvalue weighted by Crippen LogP contribution is -2.39. The Hall–Kier alpha value is -1.14. The maximum atomic E-state index is 11.9. The van der Waals surface area contributed by atoms with E-state index in [1.165, 1.54) is 7.11 Å². The third-order valence-electron chi connectivity index (χ3n) is 3.89. The second-order valence-corrected chi connectivity index (χ2v) is 5.35. The van der Waals surface area contributed by atoms with Crippen LogP contribution in [0.2, 0.25) is 0 Å². The predicted molar refractivity (Wildman–Crippen MR) is 77.1 cm³/mol. The van der Waals surface area contributed by atoms with E-state index >= 15 is 0 Å². The zero-order valence-electron chi connectivity index (χ0n) is 12.6. The van der Waals surface area contributed by atoms with Crippen LogP contribution in [0.4, 0.5) is 0 Å². The number of likely N-dealkylation sites (tertiary alicyclic amines) is 1. The van der Waals surface area contributed by atoms with Crippen molar-refractivity contribution in [2.24, 2.45) is 11.7 Å². The van der Waals surface area contributed by atoms with Crippen LogP contribution in [0.25, 0.3) is 0 Å². The Labute approximate surface area is 121 Å². The number of methoxy groups -OCH3 is 1. The fourth-order valence-electron chi connectivity index (χ4n) is 2.46. The normalized spacial score (nSPS) is 16.9. The molecule has 0 atom stereocenters. The number of amides is 1. The molecule has 0 bridgehead atoms. The topological polar surface area (TPSA) is 75.9 Å². The number of hydrogen-bond acceptors (Lipinski definition) is 5. The smallest absolute Gasteiger partial charge is 0.308 e. The molecular formula is C14H27N3O3. The molecule has 1 saturated heterocycles. The number of hydrogen-bond donors (Lipinski definition) is 1. The molecule has 1 heterocycles. The van der Waals surface area contributed by atoms with Crippen LogP contribution in [0.15, 0.2) is 0 Å². The van der Waals surface area contributed by atoms with Gasteiger partial charge in [0.1, 0.15) is 0 Å². The van der Waals surface area contributed by atoms with Gasteiger partial charge in [0.15, 0.2) is 0 Å². The molecule has 1 rings (SSSR count). The Morgan fingerprint density at radius 1 is 1.35 bits per heavy atom. The number of esters is 1. The van der Waals surface area contributed by atoms with Gasteiger partial charge in [0.05, 0.1) is 13.0 Å². The molecule has 0 aromatic carbocycles. The monoisotopic (exact) mass is 285 g/mol. The van der Waals surface area contributed by atoms with Gasteiger partial charge in [-0.3, -0.25) is 9.59 Å². The van der Waals surface area contributed by atoms with Crippen molar-refractivity contribution in [3.63, 3.8) is 0 Å². The minimum absolute atomic E-state index is 0.0270. The number of carbonyl (C=O) groups is 2. The predicted octanol–water partition coefficient (Wildman–Crippen LogP) is 0.0687. The van der Waals surface area contributed by atoms with Crippen molar-refractivity contribution in [1.29, 1.82) is 0 Å². The highest BCUT2D eigenvalue weighted by Crippen LogP contribution is 2.18. The van der Waals surface area contributed by atoms with Gasteiger partial charge < -0.3 is 20.3 Å². The molecule has 0 aromatic heterocycles. The molecule has 6 nitrogen and oxygen atoms in total. The molecule has 0 spiro atoms. The summed E-state index contributed by atoms with van der Waals surface area (Å²) in [4.78, 5) is 27.3. The second kappa shape index (κ2) is 8.92. The van der Waals surface area contributed by atoms with Crippen molar-refractivity contribution in [3.8, 4) is 0 Å². The fraction of sp³-hybridized carbons (Fsp3) is 0.857. The van der Waals surface area contributed by atoms with Gasteiger partial charge in [-0.05, 0) is 38.9 Å². The first-order valence-electron chi connectivity index (χ1n) is 7.32. The van der Waals surface area contributed by atoms with Crippen molar-refractivity contribution >= 4 is 11.9 Å². The largest absolute Gasteiger partial charge is 0.469 e. The van der Waals surface area contributed by atoms with Gasteiger partial charge >= 0.3 is 5.97 Å². The molecule has 1 fully saturated rings. The minimum Gasteiger partial charge on any atom is -0.469 e. The van der Waals surface area contributed by atoms with Crippen LogP contribution < -0.4 is 5.73 Å². The standard InChI is InChI=1S/C14H27N3O3/c1-16(8-3-7-15)13(18)6-11-17-9-4-12(5-10-17)14(19)20-2/h12H,3-11,15H2,1-2H3. The highest BCUT2D eigenvalue weighted by atomic mass is 16.5. The summed E-state index contributed by atoms with van der Waals surface area (Å²) in [5.41, 5.74) is 5.43. The molecule has 1 aliphatic rings. The molecule has 2 N–H and O–H groups in total. The maximum Gasteiger partial charge on any atom is 0.308 e. The van der Waals surface area contributed by atoms with Gasteiger partial charge in [-0.25, -0.2) is 0 Å². The van der Waals surface area contributed by atoms with Gasteiger partial charge in [0.2, 0.25) is 5.91 Å². The first kappa shape index (κ1) is 16.9. The molecule has 1 amide bonds. The number of carbonyl (C=O) groups excluding carboxylic acids is 2. The third-order valence-corrected chi connectivity index (χ3v) is 3.89. The van der Waals surface area contributed by atoms with E-state index in [4.69, 9.17) is 10.5 Å². The summed E-state index contributed by atoms with van der Waals surface area (Å²) in [7, 11) is 3.26. The van der Waals surface area contributed by atoms with Crippen molar-refractivity contribution in [3.05, 3.63) is 0 Å². The lowest BCUT2D eigenvalue weighted by molar-refractivity contribution is -0.147. The van der Waals surface area contributed by atoms with E-state index in [2.05, 4.69) is 4.90 Å². The summed E-state index contributed by atoms with van der Waals surface area (Å²) >= 11 is 0. The number of ether oxygens (including phenoxy) is 1. The molecule has 6 heteroatoms. The minimum atomic E-state index is -0.109. The van der Waals surface area contributed by atoms with E-state index in [-0.39, 0.29) is 17.8 Å². The summed E-state index contributed by atoms with van der Waals surface area (Å²) in [6, 6.07) is 0. The molecule has 0 radical (unpaired) electrons. The highest BCUT2D eigenvalue weighted by Gasteiger charge is 2.25. The van der Waals surface area contributed by atoms with E-state index in [0.29, 0.717) is 13.0 Å². The molecule has 0 saturated carbocycles. The van der Waals surface area contributed by atoms with Crippen LogP contribution >= 0.6 is 0 Å². The molecule has 116 valence electrons. The molecular weight excluding hydrogens is 258 g/mol. The Kier molecular flexibility index (Phi) is 7.54. The Balaban J connectivity index is 2.20. The Morgan fingerprint density at radius 2 is 2.00 bits per heavy atom. The van der Waals surface area contributed by atoms with E-state index < -0.39 is 0 Å². The van der Waals surface area contributed by atoms with Crippen molar-refractivity contribution in [1.82, 2.24) is 9.80 Å². The fourth-order valence-corrected chi connectivity index (χ4v) is 2.46. The zero-order chi connectivity index (χ0) is 15.0. The molecule has 20 heavy (non-hydrogen) atoms. The molecule has 1 aliphatic heterocycles. The van der Waals surface area contributed by atoms with E-state index in [0.717, 1.165) is 45.4 Å². The second-order valence-electron chi connectivity index (χ2n) is 5.35. The number of nitrogens with zero attached hydrogens (tertiary/aromatic N) is 2. The van der Waals surface area contributed by atoms with E-state index in [1.807, 2.05) is 7.05 Å². The summed E-state index contributed by atoms with van der Waals surface area (Å²) in [6.07, 6.45) is 3.02. The molecule has 0 unspecified atom stereocenters. The highest BCUT2D eigenvalue weighted by molar-refractivity contribution is 5.76. The van der Waals surface area contributed by atoms with Crippen molar-refractivity contribution in [2.75, 3.05) is 46.9 Å². The summed E-state index contributed by atoms with van der Waals surface area (Å²) in [6.45, 7) is 3.82. The average Bonchev–Trinajstić information content (AvgIpc) is 2.49. The van der Waals surface area contributed by atoms with Crippen LogP contribution in [0, 0.1) is 5.92 Å². The Morgan fingerprint density at radius 3 is 2.55 bits per heavy atom. The van der Waals surface area contributed by atoms with Gasteiger partial charge in [-0.15, -0.1) is 0 Å². The van der Waals surface area contributed by atoms with E-state index in [1.54, 1.807) is 4.90 Å². The third kappa shape index (κ3) is 5.46. The van der Waals surface area contributed by atoms with Crippen LogP contribution in [-0.2, 0) is 14.3 Å². The first-order chi connectivity index (χ1) is 9.58.